The van der Waals surface area contributed by atoms with E-state index in [1.807, 2.05) is 71.9 Å². The molecule has 66 heavy (non-hydrogen) atoms. The highest BCUT2D eigenvalue weighted by molar-refractivity contribution is 6.12. The molecular weight excluding hydrogens is 843 g/mol. The third-order valence-electron chi connectivity index (χ3n) is 15.1. The molecule has 4 aliphatic rings. The number of hydrogen-bond acceptors (Lipinski definition) is 10. The molecule has 1 aromatic carbocycles. The average molecular weight is 920 g/mol. The molecule has 3 aliphatic heterocycles. The summed E-state index contributed by atoms with van der Waals surface area (Å²) in [4.78, 5) is 101. The second-order valence-corrected chi connectivity index (χ2v) is 19.8. The number of piperidine rings is 1. The summed E-state index contributed by atoms with van der Waals surface area (Å²) in [6, 6.07) is 6.82. The van der Waals surface area contributed by atoms with Crippen LogP contribution in [-0.4, -0.2) is 143 Å². The Labute approximate surface area is 392 Å². The fraction of sp³-hybridized carbons (Fsp3) is 0.706. The highest BCUT2D eigenvalue weighted by Gasteiger charge is 2.52. The van der Waals surface area contributed by atoms with Gasteiger partial charge in [0.1, 0.15) is 17.9 Å². The van der Waals surface area contributed by atoms with E-state index in [0.29, 0.717) is 45.2 Å². The SMILES string of the molecule is CC[C@H](C)[C@@H]([C@@H](CC(=O)N1CCC[C@H]1[C@H](OC)[C@@H](C)C(=O)C[C@H](C)[C@@H](O)c1ccccc1)OC)N(C)C(=O)[C@@H](NC(=O)[C@@H]1[C@H]2CC[C@@H](C2)N1C(=O)CCCCCN1C(=O)C=CC1=O)C(C)C. The van der Waals surface area contributed by atoms with Crippen molar-refractivity contribution in [1.82, 2.24) is 24.9 Å². The molecule has 2 N–H and O–H groups in total. The Hall–Kier alpha value is -4.47. The number of nitrogens with one attached hydrogen (secondary N) is 1. The molecule has 5 rings (SSSR count). The van der Waals surface area contributed by atoms with Gasteiger partial charge in [0.2, 0.25) is 23.6 Å². The van der Waals surface area contributed by atoms with E-state index < -0.39 is 42.4 Å². The molecule has 1 aliphatic carbocycles. The predicted molar refractivity (Wildman–Crippen MR) is 249 cm³/mol. The van der Waals surface area contributed by atoms with E-state index >= 15 is 0 Å². The Morgan fingerprint density at radius 1 is 0.864 bits per heavy atom. The zero-order valence-electron chi connectivity index (χ0n) is 40.9. The number of rotatable bonds is 25. The monoisotopic (exact) mass is 920 g/mol. The molecule has 3 heterocycles. The van der Waals surface area contributed by atoms with Crippen LogP contribution in [0, 0.1) is 29.6 Å². The fourth-order valence-electron chi connectivity index (χ4n) is 11.1. The van der Waals surface area contributed by atoms with Crippen LogP contribution in [0.1, 0.15) is 130 Å². The maximum atomic E-state index is 14.7. The molecule has 6 amide bonds. The number of carbonyl (C=O) groups excluding carboxylic acids is 7. The highest BCUT2D eigenvalue weighted by Crippen LogP contribution is 2.43. The summed E-state index contributed by atoms with van der Waals surface area (Å²) in [7, 11) is 4.82. The van der Waals surface area contributed by atoms with Crippen molar-refractivity contribution in [2.45, 2.75) is 167 Å². The normalized spacial score (nSPS) is 24.0. The molecular formula is C51H77N5O10. The number of ketones is 1. The van der Waals surface area contributed by atoms with Crippen LogP contribution in [0.5, 0.6) is 0 Å². The summed E-state index contributed by atoms with van der Waals surface area (Å²) < 4.78 is 12.1. The lowest BCUT2D eigenvalue weighted by Gasteiger charge is -2.41. The Kier molecular flexibility index (Phi) is 19.1. The number of aliphatic hydroxyl groups excluding tert-OH is 1. The predicted octanol–water partition coefficient (Wildman–Crippen LogP) is 5.24. The first-order chi connectivity index (χ1) is 31.4. The number of likely N-dealkylation sites (tertiary alicyclic amines) is 2. The van der Waals surface area contributed by atoms with Crippen molar-refractivity contribution >= 4 is 41.2 Å². The number of hydrogen-bond donors (Lipinski definition) is 2. The van der Waals surface area contributed by atoms with Crippen LogP contribution >= 0.6 is 0 Å². The van der Waals surface area contributed by atoms with E-state index in [-0.39, 0.29) is 96.2 Å². The molecule has 366 valence electrons. The van der Waals surface area contributed by atoms with Crippen molar-refractivity contribution in [3.05, 3.63) is 48.0 Å². The average Bonchev–Trinajstić information content (AvgIpc) is 4.13. The van der Waals surface area contributed by atoms with E-state index in [2.05, 4.69) is 5.32 Å². The van der Waals surface area contributed by atoms with Crippen molar-refractivity contribution in [2.24, 2.45) is 29.6 Å². The second kappa shape index (κ2) is 24.0. The summed E-state index contributed by atoms with van der Waals surface area (Å²) in [5.41, 5.74) is 0.755. The van der Waals surface area contributed by atoms with Gasteiger partial charge in [0.25, 0.3) is 11.8 Å². The first kappa shape index (κ1) is 52.5. The minimum absolute atomic E-state index is 0.000331. The van der Waals surface area contributed by atoms with E-state index in [4.69, 9.17) is 9.47 Å². The smallest absolute Gasteiger partial charge is 0.253 e. The van der Waals surface area contributed by atoms with Crippen LogP contribution in [0.2, 0.25) is 0 Å². The fourth-order valence-corrected chi connectivity index (χ4v) is 11.1. The first-order valence-corrected chi connectivity index (χ1v) is 24.5. The molecule has 2 saturated heterocycles. The quantitative estimate of drug-likeness (QED) is 0.0972. The molecule has 1 aromatic rings. The summed E-state index contributed by atoms with van der Waals surface area (Å²) in [5.74, 6) is -2.80. The number of aliphatic hydroxyl groups is 1. The number of methoxy groups -OCH3 is 2. The molecule has 0 unspecified atom stereocenters. The summed E-state index contributed by atoms with van der Waals surface area (Å²) in [6.07, 6.45) is 7.20. The Morgan fingerprint density at radius 3 is 2.17 bits per heavy atom. The topological polar surface area (TPSA) is 183 Å². The molecule has 15 nitrogen and oxygen atoms in total. The highest BCUT2D eigenvalue weighted by atomic mass is 16.5. The van der Waals surface area contributed by atoms with Gasteiger partial charge in [0.05, 0.1) is 36.8 Å². The Balaban J connectivity index is 1.22. The van der Waals surface area contributed by atoms with Gasteiger partial charge in [-0.1, -0.05) is 84.7 Å². The number of imide groups is 1. The van der Waals surface area contributed by atoms with Crippen molar-refractivity contribution < 1.29 is 48.1 Å². The van der Waals surface area contributed by atoms with Crippen molar-refractivity contribution in [3.8, 4) is 0 Å². The van der Waals surface area contributed by atoms with Gasteiger partial charge in [-0.05, 0) is 74.2 Å². The molecule has 0 radical (unpaired) electrons. The number of Topliss-reactive ketones (excluding diaryl/α,β-unsaturated/α-hetero) is 1. The number of carbonyl (C=O) groups is 7. The minimum Gasteiger partial charge on any atom is -0.388 e. The van der Waals surface area contributed by atoms with Crippen molar-refractivity contribution in [2.75, 3.05) is 34.4 Å². The third-order valence-corrected chi connectivity index (χ3v) is 15.1. The van der Waals surface area contributed by atoms with Crippen molar-refractivity contribution in [1.29, 1.82) is 0 Å². The maximum absolute atomic E-state index is 14.7. The Morgan fingerprint density at radius 2 is 1.55 bits per heavy atom. The summed E-state index contributed by atoms with van der Waals surface area (Å²) >= 11 is 0. The van der Waals surface area contributed by atoms with Crippen LogP contribution in [-0.2, 0) is 43.0 Å². The molecule has 0 spiro atoms. The lowest BCUT2D eigenvalue weighted by Crippen LogP contribution is -2.60. The third kappa shape index (κ3) is 12.2. The van der Waals surface area contributed by atoms with E-state index in [9.17, 15) is 38.7 Å². The van der Waals surface area contributed by atoms with Gasteiger partial charge in [-0.2, -0.15) is 0 Å². The number of amides is 6. The molecule has 12 atom stereocenters. The lowest BCUT2D eigenvalue weighted by molar-refractivity contribution is -0.149. The zero-order chi connectivity index (χ0) is 48.4. The van der Waals surface area contributed by atoms with Gasteiger partial charge in [0, 0.05) is 71.3 Å². The van der Waals surface area contributed by atoms with Crippen LogP contribution < -0.4 is 5.32 Å². The summed E-state index contributed by atoms with van der Waals surface area (Å²) in [6.45, 7) is 12.3. The summed E-state index contributed by atoms with van der Waals surface area (Å²) in [5, 5.41) is 14.0. The molecule has 15 heteroatoms. The number of nitrogens with zero attached hydrogens (tertiary/aromatic N) is 4. The number of benzene rings is 1. The van der Waals surface area contributed by atoms with Gasteiger partial charge < -0.3 is 34.6 Å². The minimum atomic E-state index is -0.898. The van der Waals surface area contributed by atoms with Gasteiger partial charge in [-0.3, -0.25) is 38.5 Å². The zero-order valence-corrected chi connectivity index (χ0v) is 40.9. The van der Waals surface area contributed by atoms with E-state index in [0.717, 1.165) is 31.2 Å². The number of likely N-dealkylation sites (N-methyl/N-ethyl adjacent to an activating group) is 1. The molecule has 3 fully saturated rings. The van der Waals surface area contributed by atoms with Crippen molar-refractivity contribution in [3.63, 3.8) is 0 Å². The van der Waals surface area contributed by atoms with Crippen LogP contribution in [0.4, 0.5) is 0 Å². The second-order valence-electron chi connectivity index (χ2n) is 19.8. The molecule has 1 saturated carbocycles. The molecule has 2 bridgehead atoms. The number of fused-ring (bicyclic) bond motifs is 2. The van der Waals surface area contributed by atoms with Gasteiger partial charge in [-0.15, -0.1) is 0 Å². The maximum Gasteiger partial charge on any atom is 0.253 e. The first-order valence-electron chi connectivity index (χ1n) is 24.5. The van der Waals surface area contributed by atoms with Gasteiger partial charge in [0.15, 0.2) is 0 Å². The number of unbranched alkanes of at least 4 members (excludes halogenated alkanes) is 2. The van der Waals surface area contributed by atoms with E-state index in [1.165, 1.54) is 17.1 Å². The van der Waals surface area contributed by atoms with Crippen LogP contribution in [0.25, 0.3) is 0 Å². The largest absolute Gasteiger partial charge is 0.388 e. The van der Waals surface area contributed by atoms with Crippen LogP contribution in [0.15, 0.2) is 42.5 Å². The lowest BCUT2D eigenvalue weighted by atomic mass is 9.85. The Bertz CT molecular complexity index is 1870. The van der Waals surface area contributed by atoms with Crippen LogP contribution in [0.3, 0.4) is 0 Å². The standard InChI is InChI=1S/C51H77N5O10/c1-10-32(4)46(40(65-8)30-44(61)54-27-17-20-38(54)49(66-9)34(6)39(57)28-33(5)48(62)35-18-13-11-14-19-35)53(7)51(64)45(31(2)3)52-50(63)47-36-22-23-37(29-36)56(47)43(60)21-15-12-16-26-55-41(58)24-25-42(55)59/h11,13-14,18-19,24-25,31-34,36-38,40,45-49,62H,10,12,15-17,20-23,26-30H2,1-9H3,(H,52,63)/t32-,33-,34-,36-,37-,38-,40+,45-,46-,47-,48+,49+/m0/s1. The van der Waals surface area contributed by atoms with Gasteiger partial charge in [-0.25, -0.2) is 0 Å². The van der Waals surface area contributed by atoms with Gasteiger partial charge >= 0.3 is 0 Å². The number of ether oxygens (including phenoxy) is 2. The van der Waals surface area contributed by atoms with E-state index in [1.54, 1.807) is 36.0 Å². The molecule has 0 aromatic heterocycles.